The summed E-state index contributed by atoms with van der Waals surface area (Å²) in [7, 11) is 0. The normalized spacial score (nSPS) is 11.2. The molecule has 1 aromatic carbocycles. The molecule has 7 nitrogen and oxygen atoms in total. The Kier molecular flexibility index (Phi) is 8.90. The van der Waals surface area contributed by atoms with Crippen molar-refractivity contribution in [1.29, 1.82) is 0 Å². The highest BCUT2D eigenvalue weighted by Gasteiger charge is 2.09. The van der Waals surface area contributed by atoms with Crippen LogP contribution in [0.1, 0.15) is 25.7 Å². The molecule has 0 fully saturated rings. The van der Waals surface area contributed by atoms with E-state index in [1.165, 1.54) is 12.8 Å². The second-order valence-electron chi connectivity index (χ2n) is 5.72. The highest BCUT2D eigenvalue weighted by Crippen LogP contribution is 2.25. The van der Waals surface area contributed by atoms with Crippen molar-refractivity contribution in [2.24, 2.45) is 5.73 Å². The molecule has 5 N–H and O–H groups in total. The monoisotopic (exact) mass is 352 g/mol. The van der Waals surface area contributed by atoms with Crippen LogP contribution in [0, 0.1) is 0 Å². The van der Waals surface area contributed by atoms with Gasteiger partial charge in [0.15, 0.2) is 11.0 Å². The van der Waals surface area contributed by atoms with Crippen molar-refractivity contribution in [3.63, 3.8) is 0 Å². The predicted molar refractivity (Wildman–Crippen MR) is 101 cm³/mol. The molecule has 8 heteroatoms. The Labute approximate surface area is 148 Å². The molecule has 0 radical (unpaired) electrons. The molecule has 2 rings (SSSR count). The first-order valence-electron chi connectivity index (χ1n) is 8.62. The molecule has 0 aliphatic heterocycles. The number of thiol groups is 1. The molecule has 1 heterocycles. The predicted octanol–water partition coefficient (Wildman–Crippen LogP) is 1.62. The van der Waals surface area contributed by atoms with E-state index in [1.54, 1.807) is 0 Å². The summed E-state index contributed by atoms with van der Waals surface area (Å²) in [4.78, 5) is 0.774. The van der Waals surface area contributed by atoms with Crippen LogP contribution in [0.2, 0.25) is 0 Å². The quantitative estimate of drug-likeness (QED) is 0.276. The zero-order valence-electron chi connectivity index (χ0n) is 14.1. The summed E-state index contributed by atoms with van der Waals surface area (Å²) in [5.74, 6) is 0. The van der Waals surface area contributed by atoms with Gasteiger partial charge >= 0.3 is 0 Å². The van der Waals surface area contributed by atoms with Gasteiger partial charge in [0.25, 0.3) is 0 Å². The summed E-state index contributed by atoms with van der Waals surface area (Å²) in [6.45, 7) is 5.80. The van der Waals surface area contributed by atoms with Crippen molar-refractivity contribution >= 4 is 29.3 Å². The maximum Gasteiger partial charge on any atom is 0.159 e. The van der Waals surface area contributed by atoms with Gasteiger partial charge in [-0.1, -0.05) is 0 Å². The molecule has 1 aromatic heterocycles. The van der Waals surface area contributed by atoms with Gasteiger partial charge in [-0.3, -0.25) is 0 Å². The van der Waals surface area contributed by atoms with Crippen LogP contribution in [0.25, 0.3) is 11.0 Å². The van der Waals surface area contributed by atoms with Crippen molar-refractivity contribution in [3.05, 3.63) is 12.1 Å². The Hall–Kier alpha value is -1.35. The van der Waals surface area contributed by atoms with Crippen LogP contribution in [0.4, 0.5) is 5.69 Å². The third-order valence-electron chi connectivity index (χ3n) is 3.75. The topological polar surface area (TPSA) is 101 Å². The molecule has 134 valence electrons. The summed E-state index contributed by atoms with van der Waals surface area (Å²) in [5.41, 5.74) is 7.81. The minimum absolute atomic E-state index is 0.696. The van der Waals surface area contributed by atoms with E-state index in [2.05, 4.69) is 38.9 Å². The smallest absolute Gasteiger partial charge is 0.159 e. The molecule has 0 aliphatic rings. The highest BCUT2D eigenvalue weighted by atomic mass is 32.1. The Morgan fingerprint density at radius 2 is 1.54 bits per heavy atom. The molecular weight excluding hydrogens is 324 g/mol. The lowest BCUT2D eigenvalue weighted by atomic mass is 10.2. The lowest BCUT2D eigenvalue weighted by molar-refractivity contribution is 0.315. The third-order valence-corrected chi connectivity index (χ3v) is 4.12. The average molecular weight is 353 g/mol. The van der Waals surface area contributed by atoms with Gasteiger partial charge < -0.3 is 21.7 Å². The van der Waals surface area contributed by atoms with E-state index in [9.17, 15) is 0 Å². The number of rotatable bonds is 13. The van der Waals surface area contributed by atoms with Gasteiger partial charge in [0.1, 0.15) is 0 Å². The number of anilines is 1. The second kappa shape index (κ2) is 11.2. The van der Waals surface area contributed by atoms with Gasteiger partial charge in [0.2, 0.25) is 0 Å². The SMILES string of the molecule is NCCCNCCCCNCCCNc1ccc(S)c2nonc12. The molecule has 0 saturated heterocycles. The molecule has 24 heavy (non-hydrogen) atoms. The molecule has 0 atom stereocenters. The lowest BCUT2D eigenvalue weighted by Crippen LogP contribution is -2.22. The Morgan fingerprint density at radius 1 is 0.875 bits per heavy atom. The summed E-state index contributed by atoms with van der Waals surface area (Å²) in [5, 5.41) is 18.0. The number of nitrogens with one attached hydrogen (secondary N) is 3. The summed E-state index contributed by atoms with van der Waals surface area (Å²) in [6.07, 6.45) is 4.49. The van der Waals surface area contributed by atoms with E-state index in [0.717, 1.165) is 68.2 Å². The van der Waals surface area contributed by atoms with Gasteiger partial charge in [-0.25, -0.2) is 4.63 Å². The van der Waals surface area contributed by atoms with Crippen LogP contribution < -0.4 is 21.7 Å². The maximum atomic E-state index is 5.44. The number of aromatic nitrogens is 2. The van der Waals surface area contributed by atoms with E-state index in [0.29, 0.717) is 5.52 Å². The number of nitrogens with two attached hydrogens (primary N) is 1. The van der Waals surface area contributed by atoms with Crippen LogP contribution in [0.15, 0.2) is 21.7 Å². The Morgan fingerprint density at radius 3 is 2.29 bits per heavy atom. The van der Waals surface area contributed by atoms with E-state index in [-0.39, 0.29) is 0 Å². The van der Waals surface area contributed by atoms with Gasteiger partial charge in [0.05, 0.1) is 5.69 Å². The molecule has 0 aliphatic carbocycles. The molecule has 2 aromatic rings. The molecule has 0 saturated carbocycles. The number of hydrogen-bond donors (Lipinski definition) is 5. The molecule has 0 unspecified atom stereocenters. The van der Waals surface area contributed by atoms with Crippen molar-refractivity contribution < 1.29 is 4.63 Å². The zero-order chi connectivity index (χ0) is 17.0. The number of nitrogens with zero attached hydrogens (tertiary/aromatic N) is 2. The minimum atomic E-state index is 0.696. The van der Waals surface area contributed by atoms with E-state index in [1.807, 2.05) is 12.1 Å². The fourth-order valence-electron chi connectivity index (χ4n) is 2.41. The molecule has 0 spiro atoms. The Bertz CT molecular complexity index is 591. The summed E-state index contributed by atoms with van der Waals surface area (Å²) < 4.78 is 4.79. The minimum Gasteiger partial charge on any atom is -0.383 e. The van der Waals surface area contributed by atoms with E-state index < -0.39 is 0 Å². The van der Waals surface area contributed by atoms with Gasteiger partial charge in [-0.2, -0.15) is 0 Å². The largest absolute Gasteiger partial charge is 0.383 e. The van der Waals surface area contributed by atoms with Crippen LogP contribution in [-0.2, 0) is 0 Å². The first-order chi connectivity index (χ1) is 11.8. The number of hydrogen-bond acceptors (Lipinski definition) is 8. The number of unbranched alkanes of at least 4 members (excludes halogenated alkanes) is 1. The van der Waals surface area contributed by atoms with Gasteiger partial charge in [-0.15, -0.1) is 12.6 Å². The van der Waals surface area contributed by atoms with Crippen molar-refractivity contribution in [3.8, 4) is 0 Å². The lowest BCUT2D eigenvalue weighted by Gasteiger charge is -2.08. The molecular formula is C16H28N6OS. The summed E-state index contributed by atoms with van der Waals surface area (Å²) >= 11 is 4.34. The molecule has 0 bridgehead atoms. The summed E-state index contributed by atoms with van der Waals surface area (Å²) in [6, 6.07) is 3.86. The van der Waals surface area contributed by atoms with E-state index in [4.69, 9.17) is 10.4 Å². The van der Waals surface area contributed by atoms with Gasteiger partial charge in [0, 0.05) is 11.4 Å². The standard InChI is InChI=1S/C16H28N6OS/c17-7-3-10-18-8-1-2-9-19-11-4-12-20-13-5-6-14(24)16-15(13)21-23-22-16/h5-6,18-20,24H,1-4,7-12,17H2. The second-order valence-corrected chi connectivity index (χ2v) is 6.21. The van der Waals surface area contributed by atoms with Crippen molar-refractivity contribution in [2.45, 2.75) is 30.6 Å². The van der Waals surface area contributed by atoms with Crippen LogP contribution in [0.3, 0.4) is 0 Å². The fourth-order valence-corrected chi connectivity index (χ4v) is 2.63. The number of fused-ring (bicyclic) bond motifs is 1. The van der Waals surface area contributed by atoms with Crippen molar-refractivity contribution in [1.82, 2.24) is 20.9 Å². The van der Waals surface area contributed by atoms with Crippen LogP contribution in [-0.4, -0.2) is 49.6 Å². The fraction of sp³-hybridized carbons (Fsp3) is 0.625. The maximum absolute atomic E-state index is 5.44. The van der Waals surface area contributed by atoms with Crippen LogP contribution in [0.5, 0.6) is 0 Å². The van der Waals surface area contributed by atoms with E-state index >= 15 is 0 Å². The van der Waals surface area contributed by atoms with Crippen molar-refractivity contribution in [2.75, 3.05) is 44.6 Å². The average Bonchev–Trinajstić information content (AvgIpc) is 3.08. The Balaban J connectivity index is 1.50. The first kappa shape index (κ1) is 19.0. The third kappa shape index (κ3) is 6.27. The zero-order valence-corrected chi connectivity index (χ0v) is 14.9. The molecule has 0 amide bonds. The van der Waals surface area contributed by atoms with Crippen LogP contribution >= 0.6 is 12.6 Å². The first-order valence-corrected chi connectivity index (χ1v) is 9.07. The highest BCUT2D eigenvalue weighted by molar-refractivity contribution is 7.80. The number of benzene rings is 1. The van der Waals surface area contributed by atoms with Gasteiger partial charge in [-0.05, 0) is 80.9 Å².